The molecule has 3 heterocycles. The summed E-state index contributed by atoms with van der Waals surface area (Å²) < 4.78 is 7.19. The fraction of sp³-hybridized carbons (Fsp3) is 0.842. The number of hydrogen-bond acceptors (Lipinski definition) is 5. The van der Waals surface area contributed by atoms with Gasteiger partial charge < -0.3 is 14.5 Å². The number of carbonyl (C=O) groups excluding carboxylic acids is 1. The van der Waals surface area contributed by atoms with Gasteiger partial charge >= 0.3 is 6.09 Å². The second-order valence-electron chi connectivity index (χ2n) is 7.97. The minimum Gasteiger partial charge on any atom is -0.450 e. The molecule has 26 heavy (non-hydrogen) atoms. The summed E-state index contributed by atoms with van der Waals surface area (Å²) in [6, 6.07) is 1.06. The molecule has 3 rings (SSSR count). The highest BCUT2D eigenvalue weighted by Gasteiger charge is 2.30. The molecule has 2 fully saturated rings. The fourth-order valence-electron chi connectivity index (χ4n) is 4.15. The largest absolute Gasteiger partial charge is 0.450 e. The Morgan fingerprint density at radius 1 is 1.15 bits per heavy atom. The van der Waals surface area contributed by atoms with Gasteiger partial charge in [-0.3, -0.25) is 0 Å². The lowest BCUT2D eigenvalue weighted by Gasteiger charge is -2.41. The number of likely N-dealkylation sites (tertiary alicyclic amines) is 2. The highest BCUT2D eigenvalue weighted by Crippen LogP contribution is 2.26. The van der Waals surface area contributed by atoms with Crippen LogP contribution in [0.25, 0.3) is 0 Å². The maximum Gasteiger partial charge on any atom is 0.409 e. The van der Waals surface area contributed by atoms with Crippen molar-refractivity contribution >= 4 is 6.09 Å². The van der Waals surface area contributed by atoms with E-state index in [4.69, 9.17) is 4.74 Å². The van der Waals surface area contributed by atoms with E-state index in [-0.39, 0.29) is 6.09 Å². The van der Waals surface area contributed by atoms with Crippen molar-refractivity contribution in [3.05, 3.63) is 11.9 Å². The van der Waals surface area contributed by atoms with Crippen LogP contribution in [0.15, 0.2) is 6.20 Å². The van der Waals surface area contributed by atoms with E-state index in [1.165, 1.54) is 0 Å². The first-order chi connectivity index (χ1) is 12.6. The average Bonchev–Trinajstić information content (AvgIpc) is 3.10. The Hall–Kier alpha value is -1.63. The number of aromatic nitrogens is 3. The van der Waals surface area contributed by atoms with Crippen molar-refractivity contribution in [2.75, 3.05) is 32.8 Å². The molecular formula is C19H33N5O2. The van der Waals surface area contributed by atoms with E-state index in [1.807, 2.05) is 11.8 Å². The van der Waals surface area contributed by atoms with Crippen LogP contribution in [0.4, 0.5) is 4.79 Å². The summed E-state index contributed by atoms with van der Waals surface area (Å²) in [6.45, 7) is 10.6. The number of hydrogen-bond donors (Lipinski definition) is 0. The molecule has 0 spiro atoms. The second kappa shape index (κ2) is 8.84. The minimum atomic E-state index is -0.159. The second-order valence-corrected chi connectivity index (χ2v) is 7.97. The standard InChI is InChI=1S/C19H33N5O2/c1-4-26-19(25)23-11-5-17(6-12-23)22-9-7-18(8-10-22)24-14-16(20-21-24)13-15(2)3/h14-15,17-18H,4-13H2,1-3H3. The van der Waals surface area contributed by atoms with Gasteiger partial charge in [0.15, 0.2) is 0 Å². The molecule has 1 aromatic heterocycles. The van der Waals surface area contributed by atoms with Gasteiger partial charge in [-0.1, -0.05) is 19.1 Å². The maximum atomic E-state index is 11.8. The lowest BCUT2D eigenvalue weighted by molar-refractivity contribution is 0.0613. The summed E-state index contributed by atoms with van der Waals surface area (Å²) in [5.74, 6) is 0.613. The van der Waals surface area contributed by atoms with Crippen molar-refractivity contribution in [3.8, 4) is 0 Å². The van der Waals surface area contributed by atoms with Gasteiger partial charge in [-0.15, -0.1) is 5.10 Å². The number of ether oxygens (including phenoxy) is 1. The van der Waals surface area contributed by atoms with Gasteiger partial charge in [0.2, 0.25) is 0 Å². The number of nitrogens with zero attached hydrogens (tertiary/aromatic N) is 5. The molecular weight excluding hydrogens is 330 g/mol. The Morgan fingerprint density at radius 3 is 2.42 bits per heavy atom. The van der Waals surface area contributed by atoms with Crippen LogP contribution in [-0.2, 0) is 11.2 Å². The monoisotopic (exact) mass is 363 g/mol. The lowest BCUT2D eigenvalue weighted by atomic mass is 9.98. The third kappa shape index (κ3) is 4.75. The topological polar surface area (TPSA) is 63.5 Å². The third-order valence-electron chi connectivity index (χ3n) is 5.56. The molecule has 7 heteroatoms. The van der Waals surface area contributed by atoms with Crippen molar-refractivity contribution in [2.24, 2.45) is 5.92 Å². The summed E-state index contributed by atoms with van der Waals surface area (Å²) >= 11 is 0. The van der Waals surface area contributed by atoms with Crippen molar-refractivity contribution in [1.29, 1.82) is 0 Å². The molecule has 0 aliphatic carbocycles. The van der Waals surface area contributed by atoms with E-state index in [2.05, 4.69) is 39.9 Å². The zero-order valence-electron chi connectivity index (χ0n) is 16.4. The number of amides is 1. The summed E-state index contributed by atoms with van der Waals surface area (Å²) in [5, 5.41) is 8.70. The Labute approximate surface area is 156 Å². The average molecular weight is 364 g/mol. The molecule has 0 N–H and O–H groups in total. The molecule has 2 aliphatic rings. The normalized spacial score (nSPS) is 20.7. The van der Waals surface area contributed by atoms with Gasteiger partial charge in [0.05, 0.1) is 18.3 Å². The molecule has 2 saturated heterocycles. The summed E-state index contributed by atoms with van der Waals surface area (Å²) in [4.78, 5) is 16.3. The van der Waals surface area contributed by atoms with Crippen LogP contribution in [0.5, 0.6) is 0 Å². The number of piperidine rings is 2. The Morgan fingerprint density at radius 2 is 1.81 bits per heavy atom. The molecule has 2 aliphatic heterocycles. The van der Waals surface area contributed by atoms with E-state index >= 15 is 0 Å². The van der Waals surface area contributed by atoms with E-state index in [9.17, 15) is 4.79 Å². The van der Waals surface area contributed by atoms with Crippen LogP contribution in [0, 0.1) is 5.92 Å². The first-order valence-corrected chi connectivity index (χ1v) is 10.1. The van der Waals surface area contributed by atoms with E-state index < -0.39 is 0 Å². The predicted octanol–water partition coefficient (Wildman–Crippen LogP) is 2.73. The van der Waals surface area contributed by atoms with Gasteiger partial charge in [-0.2, -0.15) is 0 Å². The highest BCUT2D eigenvalue weighted by atomic mass is 16.6. The van der Waals surface area contributed by atoms with Crippen LogP contribution >= 0.6 is 0 Å². The van der Waals surface area contributed by atoms with Crippen molar-refractivity contribution in [1.82, 2.24) is 24.8 Å². The molecule has 0 unspecified atom stereocenters. The van der Waals surface area contributed by atoms with Gasteiger partial charge in [0, 0.05) is 38.4 Å². The molecule has 146 valence electrons. The van der Waals surface area contributed by atoms with Crippen LogP contribution in [0.1, 0.15) is 58.2 Å². The molecule has 1 amide bonds. The van der Waals surface area contributed by atoms with Crippen LogP contribution in [0.3, 0.4) is 0 Å². The third-order valence-corrected chi connectivity index (χ3v) is 5.56. The first-order valence-electron chi connectivity index (χ1n) is 10.1. The fourth-order valence-corrected chi connectivity index (χ4v) is 4.15. The minimum absolute atomic E-state index is 0.159. The van der Waals surface area contributed by atoms with Crippen LogP contribution in [-0.4, -0.2) is 69.7 Å². The molecule has 0 atom stereocenters. The number of rotatable bonds is 5. The van der Waals surface area contributed by atoms with Gasteiger partial charge in [0.1, 0.15) is 0 Å². The van der Waals surface area contributed by atoms with E-state index in [0.29, 0.717) is 24.6 Å². The lowest BCUT2D eigenvalue weighted by Crippen LogP contribution is -2.49. The first kappa shape index (κ1) is 19.1. The molecule has 0 radical (unpaired) electrons. The van der Waals surface area contributed by atoms with E-state index in [1.54, 1.807) is 0 Å². The zero-order valence-corrected chi connectivity index (χ0v) is 16.4. The maximum absolute atomic E-state index is 11.8. The van der Waals surface area contributed by atoms with Gasteiger partial charge in [-0.25, -0.2) is 9.48 Å². The Balaban J connectivity index is 1.44. The Bertz CT molecular complexity index is 572. The van der Waals surface area contributed by atoms with Crippen molar-refractivity contribution in [2.45, 2.75) is 65.0 Å². The molecule has 7 nitrogen and oxygen atoms in total. The predicted molar refractivity (Wildman–Crippen MR) is 100 cm³/mol. The van der Waals surface area contributed by atoms with Gasteiger partial charge in [0.25, 0.3) is 0 Å². The van der Waals surface area contributed by atoms with Crippen molar-refractivity contribution < 1.29 is 9.53 Å². The molecule has 0 bridgehead atoms. The summed E-state index contributed by atoms with van der Waals surface area (Å²) in [7, 11) is 0. The summed E-state index contributed by atoms with van der Waals surface area (Å²) in [5.41, 5.74) is 1.11. The van der Waals surface area contributed by atoms with Gasteiger partial charge in [-0.05, 0) is 44.9 Å². The Kier molecular flexibility index (Phi) is 6.51. The molecule has 0 aromatic carbocycles. The quantitative estimate of drug-likeness (QED) is 0.805. The molecule has 1 aromatic rings. The zero-order chi connectivity index (χ0) is 18.5. The van der Waals surface area contributed by atoms with E-state index in [0.717, 1.165) is 64.0 Å². The smallest absolute Gasteiger partial charge is 0.409 e. The number of carbonyl (C=O) groups is 1. The van der Waals surface area contributed by atoms with Crippen molar-refractivity contribution in [3.63, 3.8) is 0 Å². The molecule has 0 saturated carbocycles. The summed E-state index contributed by atoms with van der Waals surface area (Å²) in [6.07, 6.45) is 7.32. The van der Waals surface area contributed by atoms with Crippen LogP contribution < -0.4 is 0 Å². The van der Waals surface area contributed by atoms with Crippen LogP contribution in [0.2, 0.25) is 0 Å². The SMILES string of the molecule is CCOC(=O)N1CCC(N2CCC(n3cc(CC(C)C)nn3)CC2)CC1. The highest BCUT2D eigenvalue weighted by molar-refractivity contribution is 5.67.